The van der Waals surface area contributed by atoms with E-state index in [1.807, 2.05) is 77.4 Å². The van der Waals surface area contributed by atoms with E-state index in [1.54, 1.807) is 0 Å². The molecular weight excluding hydrogens is 651 g/mol. The standard InChI is InChI=1S/C34H37Cl3N4O5/c1-21-29(19-40-16-14-26(15-17-40)41-28-5-3-2-4-27(28)39-33(41)44)45-31(46-30(21)24-10-8-23(20-42)9-11-24)25-12-6-22(7-13-25)18-38-32(43)34(35,36)37/h2-13,21,26,29-31,42H,14-20H2,1H3,(H,38,43)(H,39,44)/t21-,29+,30+,31+/m1/s1. The molecular formula is C34H37Cl3N4O5. The number of carbonyl (C=O) groups excluding carboxylic acids is 1. The van der Waals surface area contributed by atoms with Crippen molar-refractivity contribution in [3.63, 3.8) is 0 Å². The van der Waals surface area contributed by atoms with Crippen LogP contribution in [0.1, 0.15) is 60.5 Å². The Morgan fingerprint density at radius 3 is 2.28 bits per heavy atom. The van der Waals surface area contributed by atoms with E-state index in [0.29, 0.717) is 0 Å². The lowest BCUT2D eigenvalue weighted by Gasteiger charge is -2.44. The van der Waals surface area contributed by atoms with E-state index in [9.17, 15) is 14.7 Å². The SMILES string of the molecule is C[C@@H]1[C@H](CN2CCC(n3c(=O)[nH]c4ccccc43)CC2)O[C@H](c2ccc(CNC(=O)C(Cl)(Cl)Cl)cc2)O[C@@H]1c1ccc(CO)cc1. The van der Waals surface area contributed by atoms with Crippen LogP contribution in [-0.4, -0.2) is 55.0 Å². The van der Waals surface area contributed by atoms with Gasteiger partial charge in [0, 0.05) is 43.7 Å². The molecule has 6 rings (SSSR count). The minimum atomic E-state index is -2.02. The zero-order valence-electron chi connectivity index (χ0n) is 25.4. The number of hydrogen-bond acceptors (Lipinski definition) is 6. The van der Waals surface area contributed by atoms with Gasteiger partial charge in [-0.25, -0.2) is 4.79 Å². The number of halogens is 3. The molecule has 4 aromatic rings. The molecule has 12 heteroatoms. The van der Waals surface area contributed by atoms with Crippen molar-refractivity contribution < 1.29 is 19.4 Å². The highest BCUT2D eigenvalue weighted by atomic mass is 35.6. The quantitative estimate of drug-likeness (QED) is 0.198. The molecule has 0 bridgehead atoms. The molecule has 3 heterocycles. The molecule has 0 aliphatic carbocycles. The van der Waals surface area contributed by atoms with Gasteiger partial charge in [-0.3, -0.25) is 9.36 Å². The molecule has 2 aliphatic heterocycles. The van der Waals surface area contributed by atoms with Crippen molar-refractivity contribution in [2.75, 3.05) is 19.6 Å². The number of para-hydroxylation sites is 2. The molecule has 2 fully saturated rings. The minimum absolute atomic E-state index is 0.0230. The van der Waals surface area contributed by atoms with Crippen molar-refractivity contribution in [1.29, 1.82) is 0 Å². The van der Waals surface area contributed by atoms with Gasteiger partial charge in [-0.2, -0.15) is 0 Å². The number of piperidine rings is 1. The first kappa shape index (κ1) is 33.0. The molecule has 2 saturated heterocycles. The van der Waals surface area contributed by atoms with E-state index in [2.05, 4.69) is 22.1 Å². The van der Waals surface area contributed by atoms with Gasteiger partial charge in [0.25, 0.3) is 9.70 Å². The predicted octanol–water partition coefficient (Wildman–Crippen LogP) is 5.94. The van der Waals surface area contributed by atoms with Crippen LogP contribution in [0, 0.1) is 5.92 Å². The van der Waals surface area contributed by atoms with Crippen LogP contribution < -0.4 is 11.0 Å². The number of carbonyl (C=O) groups is 1. The van der Waals surface area contributed by atoms with Gasteiger partial charge in [0.2, 0.25) is 0 Å². The first-order valence-electron chi connectivity index (χ1n) is 15.5. The molecule has 244 valence electrons. The van der Waals surface area contributed by atoms with Gasteiger partial charge in [-0.1, -0.05) is 102 Å². The summed E-state index contributed by atoms with van der Waals surface area (Å²) in [5.74, 6) is -0.647. The smallest absolute Gasteiger partial charge is 0.326 e. The summed E-state index contributed by atoms with van der Waals surface area (Å²) >= 11 is 17.0. The molecule has 4 atom stereocenters. The summed E-state index contributed by atoms with van der Waals surface area (Å²) < 4.78 is 13.1. The van der Waals surface area contributed by atoms with E-state index >= 15 is 0 Å². The summed E-state index contributed by atoms with van der Waals surface area (Å²) in [5, 5.41) is 12.2. The number of fused-ring (bicyclic) bond motifs is 1. The number of nitrogens with one attached hydrogen (secondary N) is 2. The van der Waals surface area contributed by atoms with Crippen LogP contribution in [-0.2, 0) is 27.4 Å². The fraction of sp³-hybridized carbons (Fsp3) is 0.412. The monoisotopic (exact) mass is 686 g/mol. The summed E-state index contributed by atoms with van der Waals surface area (Å²) in [7, 11) is 0. The number of hydrogen-bond donors (Lipinski definition) is 3. The molecule has 3 aromatic carbocycles. The lowest BCUT2D eigenvalue weighted by Crippen LogP contribution is -2.47. The summed E-state index contributed by atoms with van der Waals surface area (Å²) in [5.41, 5.74) is 5.30. The van der Waals surface area contributed by atoms with Gasteiger partial charge in [-0.15, -0.1) is 0 Å². The highest BCUT2D eigenvalue weighted by Crippen LogP contribution is 2.42. The fourth-order valence-electron chi connectivity index (χ4n) is 6.45. The second kappa shape index (κ2) is 14.1. The number of rotatable bonds is 8. The first-order chi connectivity index (χ1) is 22.1. The van der Waals surface area contributed by atoms with E-state index in [-0.39, 0.29) is 43.0 Å². The number of H-pyrrole nitrogens is 1. The van der Waals surface area contributed by atoms with Crippen LogP contribution in [0.2, 0.25) is 0 Å². The van der Waals surface area contributed by atoms with Crippen molar-refractivity contribution in [3.05, 3.63) is 106 Å². The maximum Gasteiger partial charge on any atom is 0.326 e. The maximum atomic E-state index is 12.8. The number of aromatic amines is 1. The van der Waals surface area contributed by atoms with Crippen LogP contribution in [0.3, 0.4) is 0 Å². The van der Waals surface area contributed by atoms with Gasteiger partial charge in [0.05, 0.1) is 29.8 Å². The van der Waals surface area contributed by atoms with Crippen LogP contribution in [0.4, 0.5) is 0 Å². The molecule has 0 unspecified atom stereocenters. The Morgan fingerprint density at radius 1 is 0.957 bits per heavy atom. The number of aromatic nitrogens is 2. The summed E-state index contributed by atoms with van der Waals surface area (Å²) in [4.78, 5) is 30.2. The van der Waals surface area contributed by atoms with Gasteiger partial charge in [-0.05, 0) is 41.7 Å². The van der Waals surface area contributed by atoms with E-state index < -0.39 is 16.0 Å². The molecule has 0 radical (unpaired) electrons. The third kappa shape index (κ3) is 7.31. The number of likely N-dealkylation sites (tertiary alicyclic amines) is 1. The largest absolute Gasteiger partial charge is 0.392 e. The summed E-state index contributed by atoms with van der Waals surface area (Å²) in [6, 6.07) is 23.4. The molecule has 0 spiro atoms. The van der Waals surface area contributed by atoms with Gasteiger partial charge < -0.3 is 29.8 Å². The fourth-order valence-corrected chi connectivity index (χ4v) is 6.66. The molecule has 1 aromatic heterocycles. The average molecular weight is 688 g/mol. The van der Waals surface area contributed by atoms with Crippen LogP contribution >= 0.6 is 34.8 Å². The highest BCUT2D eigenvalue weighted by molar-refractivity contribution is 6.76. The second-order valence-corrected chi connectivity index (χ2v) is 14.4. The van der Waals surface area contributed by atoms with Crippen molar-refractivity contribution in [2.24, 2.45) is 5.92 Å². The number of ether oxygens (including phenoxy) is 2. The van der Waals surface area contributed by atoms with Crippen molar-refractivity contribution in [1.82, 2.24) is 19.8 Å². The number of imidazole rings is 1. The number of aliphatic hydroxyl groups excluding tert-OH is 1. The molecule has 2 aliphatic rings. The van der Waals surface area contributed by atoms with Crippen molar-refractivity contribution >= 4 is 51.7 Å². The van der Waals surface area contributed by atoms with Crippen LogP contribution in [0.5, 0.6) is 0 Å². The van der Waals surface area contributed by atoms with Gasteiger partial charge >= 0.3 is 5.69 Å². The highest BCUT2D eigenvalue weighted by Gasteiger charge is 2.40. The first-order valence-corrected chi connectivity index (χ1v) is 16.6. The number of nitrogens with zero attached hydrogens (tertiary/aromatic N) is 2. The Balaban J connectivity index is 1.16. The van der Waals surface area contributed by atoms with E-state index in [0.717, 1.165) is 65.8 Å². The number of alkyl halides is 3. The third-order valence-corrected chi connectivity index (χ3v) is 9.59. The number of benzene rings is 3. The van der Waals surface area contributed by atoms with E-state index in [1.165, 1.54) is 0 Å². The van der Waals surface area contributed by atoms with Gasteiger partial charge in [0.15, 0.2) is 6.29 Å². The lowest BCUT2D eigenvalue weighted by molar-refractivity contribution is -0.276. The van der Waals surface area contributed by atoms with Gasteiger partial charge in [0.1, 0.15) is 0 Å². The summed E-state index contributed by atoms with van der Waals surface area (Å²) in [6.07, 6.45) is 0.755. The zero-order valence-corrected chi connectivity index (χ0v) is 27.6. The van der Waals surface area contributed by atoms with E-state index in [4.69, 9.17) is 44.3 Å². The Hall–Kier alpha value is -2.89. The zero-order chi connectivity index (χ0) is 32.4. The summed E-state index contributed by atoms with van der Waals surface area (Å²) in [6.45, 7) is 4.76. The Bertz CT molecular complexity index is 1700. The molecule has 46 heavy (non-hydrogen) atoms. The predicted molar refractivity (Wildman–Crippen MR) is 179 cm³/mol. The normalized spacial score (nSPS) is 23.1. The average Bonchev–Trinajstić information content (AvgIpc) is 3.40. The van der Waals surface area contributed by atoms with Crippen LogP contribution in [0.15, 0.2) is 77.6 Å². The number of amides is 1. The topological polar surface area (TPSA) is 109 Å². The minimum Gasteiger partial charge on any atom is -0.392 e. The number of aliphatic hydroxyl groups is 1. The van der Waals surface area contributed by atoms with Crippen LogP contribution in [0.25, 0.3) is 11.0 Å². The Labute approximate surface area is 282 Å². The van der Waals surface area contributed by atoms with Crippen molar-refractivity contribution in [3.8, 4) is 0 Å². The maximum absolute atomic E-state index is 12.8. The second-order valence-electron chi connectivity index (χ2n) is 12.1. The molecule has 9 nitrogen and oxygen atoms in total. The Kier molecular flexibility index (Phi) is 10.1. The molecule has 1 amide bonds. The third-order valence-electron chi connectivity index (χ3n) is 9.07. The van der Waals surface area contributed by atoms with Crippen molar-refractivity contribution in [2.45, 2.75) is 61.2 Å². The molecule has 3 N–H and O–H groups in total. The lowest BCUT2D eigenvalue weighted by atomic mass is 9.89. The Morgan fingerprint density at radius 2 is 1.61 bits per heavy atom. The molecule has 0 saturated carbocycles.